The second kappa shape index (κ2) is 4.39. The number of thiocarbonyl (C=S) groups is 1. The zero-order chi connectivity index (χ0) is 8.97. The van der Waals surface area contributed by atoms with Gasteiger partial charge in [0, 0.05) is 0 Å². The predicted molar refractivity (Wildman–Crippen MR) is 55.8 cm³/mol. The Morgan fingerprint density at radius 2 is 2.50 bits per heavy atom. The third kappa shape index (κ3) is 2.44. The number of nitrogens with one attached hydrogen (secondary N) is 2. The summed E-state index contributed by atoms with van der Waals surface area (Å²) < 4.78 is 0. The Morgan fingerprint density at radius 3 is 3.00 bits per heavy atom. The fourth-order valence-electron chi connectivity index (χ4n) is 0.843. The topological polar surface area (TPSA) is 50.1 Å². The van der Waals surface area contributed by atoms with E-state index in [1.165, 1.54) is 5.56 Å². The van der Waals surface area contributed by atoms with Crippen molar-refractivity contribution >= 4 is 28.7 Å². The van der Waals surface area contributed by atoms with Crippen LogP contribution < -0.4 is 16.6 Å². The molecule has 0 bridgehead atoms. The highest BCUT2D eigenvalue weighted by atomic mass is 32.1. The molecule has 0 fully saturated rings. The van der Waals surface area contributed by atoms with E-state index in [0.29, 0.717) is 5.11 Å². The van der Waals surface area contributed by atoms with Crippen LogP contribution in [0.25, 0.3) is 0 Å². The van der Waals surface area contributed by atoms with Gasteiger partial charge in [-0.3, -0.25) is 0 Å². The molecule has 0 aliphatic carbocycles. The third-order valence-electron chi connectivity index (χ3n) is 1.52. The van der Waals surface area contributed by atoms with E-state index in [9.17, 15) is 0 Å². The number of hydrazine groups is 1. The predicted octanol–water partition coefficient (Wildman–Crippen LogP) is 1.15. The Morgan fingerprint density at radius 1 is 1.75 bits per heavy atom. The van der Waals surface area contributed by atoms with Crippen molar-refractivity contribution in [2.75, 3.05) is 0 Å². The van der Waals surface area contributed by atoms with E-state index in [1.54, 1.807) is 11.3 Å². The van der Waals surface area contributed by atoms with Crippen molar-refractivity contribution in [1.29, 1.82) is 0 Å². The van der Waals surface area contributed by atoms with Gasteiger partial charge in [0.2, 0.25) is 0 Å². The van der Waals surface area contributed by atoms with Crippen LogP contribution >= 0.6 is 23.6 Å². The summed E-state index contributed by atoms with van der Waals surface area (Å²) in [5.74, 6) is 5.12. The largest absolute Gasteiger partial charge is 0.355 e. The molecule has 0 aromatic carbocycles. The van der Waals surface area contributed by atoms with Crippen LogP contribution in [0.2, 0.25) is 0 Å². The molecule has 1 unspecified atom stereocenters. The van der Waals surface area contributed by atoms with Crippen LogP contribution in [0.3, 0.4) is 0 Å². The standard InChI is InChI=1S/C7H11N3S2/c1-5(9-7(11)10-8)6-2-3-12-4-6/h2-5H,8H2,1H3,(H2,9,10,11). The quantitative estimate of drug-likeness (QED) is 0.382. The summed E-state index contributed by atoms with van der Waals surface area (Å²) in [7, 11) is 0. The zero-order valence-corrected chi connectivity index (χ0v) is 8.34. The third-order valence-corrected chi connectivity index (χ3v) is 2.46. The van der Waals surface area contributed by atoms with Crippen molar-refractivity contribution in [2.24, 2.45) is 5.84 Å². The lowest BCUT2D eigenvalue weighted by Crippen LogP contribution is -2.40. The van der Waals surface area contributed by atoms with Crippen LogP contribution in [-0.2, 0) is 0 Å². The molecule has 4 N–H and O–H groups in total. The monoisotopic (exact) mass is 201 g/mol. The van der Waals surface area contributed by atoms with Gasteiger partial charge in [0.05, 0.1) is 6.04 Å². The maximum absolute atomic E-state index is 5.12. The van der Waals surface area contributed by atoms with E-state index in [0.717, 1.165) is 0 Å². The molecular weight excluding hydrogens is 190 g/mol. The molecule has 1 heterocycles. The van der Waals surface area contributed by atoms with Gasteiger partial charge in [0.25, 0.3) is 0 Å². The Kier molecular flexibility index (Phi) is 3.46. The fraction of sp³-hybridized carbons (Fsp3) is 0.286. The van der Waals surface area contributed by atoms with Gasteiger partial charge < -0.3 is 10.7 Å². The molecule has 0 aliphatic heterocycles. The van der Waals surface area contributed by atoms with E-state index in [-0.39, 0.29) is 6.04 Å². The summed E-state index contributed by atoms with van der Waals surface area (Å²) in [4.78, 5) is 0. The molecule has 1 aromatic rings. The molecule has 12 heavy (non-hydrogen) atoms. The van der Waals surface area contributed by atoms with E-state index >= 15 is 0 Å². The fourth-order valence-corrected chi connectivity index (χ4v) is 1.77. The first-order valence-electron chi connectivity index (χ1n) is 3.53. The van der Waals surface area contributed by atoms with E-state index in [4.69, 9.17) is 18.1 Å². The molecule has 1 aromatic heterocycles. The van der Waals surface area contributed by atoms with Crippen molar-refractivity contribution in [3.05, 3.63) is 22.4 Å². The molecule has 66 valence electrons. The number of nitrogens with two attached hydrogens (primary N) is 1. The van der Waals surface area contributed by atoms with Gasteiger partial charge in [-0.05, 0) is 41.5 Å². The second-order valence-corrected chi connectivity index (χ2v) is 3.58. The minimum absolute atomic E-state index is 0.208. The van der Waals surface area contributed by atoms with Crippen LogP contribution in [0.4, 0.5) is 0 Å². The van der Waals surface area contributed by atoms with Gasteiger partial charge in [-0.25, -0.2) is 5.84 Å². The van der Waals surface area contributed by atoms with E-state index in [1.807, 2.05) is 12.3 Å². The Labute approximate surface area is 80.9 Å². The first-order valence-corrected chi connectivity index (χ1v) is 4.88. The van der Waals surface area contributed by atoms with Gasteiger partial charge >= 0.3 is 0 Å². The molecule has 0 radical (unpaired) electrons. The molecule has 0 saturated heterocycles. The summed E-state index contributed by atoms with van der Waals surface area (Å²) in [6.45, 7) is 2.03. The lowest BCUT2D eigenvalue weighted by molar-refractivity contribution is 0.706. The molecule has 1 atom stereocenters. The highest BCUT2D eigenvalue weighted by Gasteiger charge is 2.05. The summed E-state index contributed by atoms with van der Waals surface area (Å²) >= 11 is 6.53. The smallest absolute Gasteiger partial charge is 0.181 e. The molecule has 0 saturated carbocycles. The number of hydrogen-bond donors (Lipinski definition) is 3. The van der Waals surface area contributed by atoms with Gasteiger partial charge in [-0.15, -0.1) is 0 Å². The Bertz CT molecular complexity index is 245. The van der Waals surface area contributed by atoms with Crippen molar-refractivity contribution < 1.29 is 0 Å². The van der Waals surface area contributed by atoms with Gasteiger partial charge in [0.15, 0.2) is 5.11 Å². The maximum Gasteiger partial charge on any atom is 0.181 e. The van der Waals surface area contributed by atoms with Crippen molar-refractivity contribution in [3.8, 4) is 0 Å². The Balaban J connectivity index is 2.49. The normalized spacial score (nSPS) is 12.2. The molecule has 3 nitrogen and oxygen atoms in total. The van der Waals surface area contributed by atoms with Gasteiger partial charge in [0.1, 0.15) is 0 Å². The van der Waals surface area contributed by atoms with E-state index < -0.39 is 0 Å². The molecular formula is C7H11N3S2. The summed E-state index contributed by atoms with van der Waals surface area (Å²) in [6, 6.07) is 2.27. The van der Waals surface area contributed by atoms with Crippen LogP contribution in [-0.4, -0.2) is 5.11 Å². The lowest BCUT2D eigenvalue weighted by atomic mass is 10.2. The average Bonchev–Trinajstić information content (AvgIpc) is 2.56. The number of hydrogen-bond acceptors (Lipinski definition) is 3. The molecule has 0 aliphatic rings. The SMILES string of the molecule is CC(NC(=S)NN)c1ccsc1. The first kappa shape index (κ1) is 9.44. The van der Waals surface area contributed by atoms with Gasteiger partial charge in [-0.1, -0.05) is 0 Å². The van der Waals surface area contributed by atoms with Crippen LogP contribution in [0, 0.1) is 0 Å². The van der Waals surface area contributed by atoms with Crippen LogP contribution in [0.15, 0.2) is 16.8 Å². The molecule has 0 spiro atoms. The minimum atomic E-state index is 0.208. The highest BCUT2D eigenvalue weighted by Crippen LogP contribution is 2.14. The summed E-state index contributed by atoms with van der Waals surface area (Å²) in [6.07, 6.45) is 0. The first-order chi connectivity index (χ1) is 5.74. The number of thiophene rings is 1. The minimum Gasteiger partial charge on any atom is -0.355 e. The van der Waals surface area contributed by atoms with Crippen LogP contribution in [0.1, 0.15) is 18.5 Å². The zero-order valence-electron chi connectivity index (χ0n) is 6.70. The van der Waals surface area contributed by atoms with Crippen molar-refractivity contribution in [3.63, 3.8) is 0 Å². The number of rotatable bonds is 2. The second-order valence-electron chi connectivity index (χ2n) is 2.40. The lowest BCUT2D eigenvalue weighted by Gasteiger charge is -2.13. The summed E-state index contributed by atoms with van der Waals surface area (Å²) in [5, 5.41) is 7.61. The molecule has 0 amide bonds. The van der Waals surface area contributed by atoms with Crippen LogP contribution in [0.5, 0.6) is 0 Å². The maximum atomic E-state index is 5.12. The van der Waals surface area contributed by atoms with Crippen molar-refractivity contribution in [2.45, 2.75) is 13.0 Å². The van der Waals surface area contributed by atoms with Gasteiger partial charge in [-0.2, -0.15) is 11.3 Å². The Hall–Kier alpha value is -0.650. The molecule has 5 heteroatoms. The van der Waals surface area contributed by atoms with Crippen molar-refractivity contribution in [1.82, 2.24) is 10.7 Å². The van der Waals surface area contributed by atoms with E-state index in [2.05, 4.69) is 22.2 Å². The average molecular weight is 201 g/mol. The molecule has 1 rings (SSSR count). The summed E-state index contributed by atoms with van der Waals surface area (Å²) in [5.41, 5.74) is 3.60. The highest BCUT2D eigenvalue weighted by molar-refractivity contribution is 7.80.